The van der Waals surface area contributed by atoms with Crippen molar-refractivity contribution in [2.45, 2.75) is 44.8 Å². The molecule has 0 bridgehead atoms. The summed E-state index contributed by atoms with van der Waals surface area (Å²) in [7, 11) is -4.71. The van der Waals surface area contributed by atoms with E-state index in [1.807, 2.05) is 0 Å². The van der Waals surface area contributed by atoms with Crippen LogP contribution in [0.4, 0.5) is 0 Å². The van der Waals surface area contributed by atoms with E-state index in [1.54, 1.807) is 27.7 Å². The van der Waals surface area contributed by atoms with Gasteiger partial charge in [0.1, 0.15) is 4.90 Å². The zero-order chi connectivity index (χ0) is 17.1. The summed E-state index contributed by atoms with van der Waals surface area (Å²) in [4.78, 5) is 22.9. The minimum atomic E-state index is -4.71. The van der Waals surface area contributed by atoms with Crippen LogP contribution in [0, 0.1) is 0 Å². The van der Waals surface area contributed by atoms with Gasteiger partial charge in [0.2, 0.25) is 0 Å². The fraction of sp³-hybridized carbons (Fsp3) is 0.429. The van der Waals surface area contributed by atoms with Crippen molar-refractivity contribution in [2.75, 3.05) is 0 Å². The molecule has 0 aromatic heterocycles. The van der Waals surface area contributed by atoms with E-state index >= 15 is 0 Å². The number of carbonyl (C=O) groups excluding carboxylic acids is 2. The van der Waals surface area contributed by atoms with Crippen LogP contribution in [-0.2, 0) is 19.6 Å². The van der Waals surface area contributed by atoms with Crippen molar-refractivity contribution in [2.24, 2.45) is 0 Å². The molecule has 0 aliphatic carbocycles. The quantitative estimate of drug-likeness (QED) is 0.484. The van der Waals surface area contributed by atoms with Gasteiger partial charge >= 0.3 is 41.5 Å². The van der Waals surface area contributed by atoms with E-state index in [-0.39, 0.29) is 40.7 Å². The Labute approximate surface area is 157 Å². The zero-order valence-corrected chi connectivity index (χ0v) is 13.5. The van der Waals surface area contributed by atoms with E-state index in [0.717, 1.165) is 12.1 Å². The standard InChI is InChI=1S/C14H18O7S.Na.H/c1-8(2)20-13(15)10-5-6-11(14(16)21-9(3)4)12(7-10)22(17,18)19;;/h5-9H,1-4H3,(H,17,18,19);;. The molecule has 0 fully saturated rings. The summed E-state index contributed by atoms with van der Waals surface area (Å²) in [6, 6.07) is 3.22. The van der Waals surface area contributed by atoms with Crippen molar-refractivity contribution in [3.8, 4) is 0 Å². The Balaban J connectivity index is 0.00000484. The molecule has 0 aliphatic heterocycles. The van der Waals surface area contributed by atoms with Crippen molar-refractivity contribution >= 4 is 51.6 Å². The second-order valence-electron chi connectivity index (χ2n) is 5.09. The molecular weight excluding hydrogens is 335 g/mol. The summed E-state index contributed by atoms with van der Waals surface area (Å²) in [5, 5.41) is 0. The van der Waals surface area contributed by atoms with E-state index in [2.05, 4.69) is 0 Å². The van der Waals surface area contributed by atoms with Crippen LogP contribution in [0.1, 0.15) is 48.4 Å². The molecule has 124 valence electrons. The number of benzene rings is 1. The monoisotopic (exact) mass is 354 g/mol. The normalized spacial score (nSPS) is 11.1. The van der Waals surface area contributed by atoms with Crippen molar-refractivity contribution < 1.29 is 32.0 Å². The van der Waals surface area contributed by atoms with Crippen molar-refractivity contribution in [3.63, 3.8) is 0 Å². The minimum absolute atomic E-state index is 0. The van der Waals surface area contributed by atoms with Gasteiger partial charge in [-0.1, -0.05) is 0 Å². The predicted molar refractivity (Wildman–Crippen MR) is 84.5 cm³/mol. The first-order valence-electron chi connectivity index (χ1n) is 6.56. The van der Waals surface area contributed by atoms with Crippen LogP contribution in [0.25, 0.3) is 0 Å². The van der Waals surface area contributed by atoms with Crippen LogP contribution in [0.15, 0.2) is 23.1 Å². The van der Waals surface area contributed by atoms with Crippen LogP contribution >= 0.6 is 0 Å². The number of carbonyl (C=O) groups is 2. The van der Waals surface area contributed by atoms with Crippen molar-refractivity contribution in [1.29, 1.82) is 0 Å². The Morgan fingerprint density at radius 3 is 1.91 bits per heavy atom. The van der Waals surface area contributed by atoms with Gasteiger partial charge in [-0.05, 0) is 45.9 Å². The third kappa shape index (κ3) is 6.60. The Morgan fingerprint density at radius 1 is 1.00 bits per heavy atom. The maximum absolute atomic E-state index is 11.9. The molecule has 1 aromatic rings. The summed E-state index contributed by atoms with van der Waals surface area (Å²) in [5.41, 5.74) is -0.445. The first-order chi connectivity index (χ1) is 10.0. The number of hydrogen-bond donors (Lipinski definition) is 1. The fourth-order valence-electron chi connectivity index (χ4n) is 1.59. The van der Waals surface area contributed by atoms with Crippen LogP contribution < -0.4 is 0 Å². The number of hydrogen-bond acceptors (Lipinski definition) is 6. The van der Waals surface area contributed by atoms with Gasteiger partial charge in [-0.2, -0.15) is 8.42 Å². The average Bonchev–Trinajstić information content (AvgIpc) is 2.35. The van der Waals surface area contributed by atoms with Gasteiger partial charge in [-0.25, -0.2) is 9.59 Å². The molecule has 0 amide bonds. The summed E-state index contributed by atoms with van der Waals surface area (Å²) >= 11 is 0. The second-order valence-corrected chi connectivity index (χ2v) is 6.48. The third-order valence-corrected chi connectivity index (χ3v) is 3.29. The third-order valence-electron chi connectivity index (χ3n) is 2.40. The molecule has 0 aliphatic rings. The van der Waals surface area contributed by atoms with Gasteiger partial charge in [0.15, 0.2) is 0 Å². The summed E-state index contributed by atoms with van der Waals surface area (Å²) < 4.78 is 42.0. The topological polar surface area (TPSA) is 107 Å². The molecule has 0 saturated carbocycles. The van der Waals surface area contributed by atoms with E-state index < -0.39 is 39.2 Å². The number of esters is 2. The molecule has 0 unspecified atom stereocenters. The molecule has 0 atom stereocenters. The van der Waals surface area contributed by atoms with E-state index in [4.69, 9.17) is 9.47 Å². The van der Waals surface area contributed by atoms with Crippen LogP contribution in [-0.4, -0.2) is 66.7 Å². The predicted octanol–water partition coefficient (Wildman–Crippen LogP) is 1.42. The van der Waals surface area contributed by atoms with Crippen molar-refractivity contribution in [1.82, 2.24) is 0 Å². The first-order valence-corrected chi connectivity index (χ1v) is 8.00. The van der Waals surface area contributed by atoms with Crippen LogP contribution in [0.2, 0.25) is 0 Å². The van der Waals surface area contributed by atoms with E-state index in [1.165, 1.54) is 6.07 Å². The molecule has 0 saturated heterocycles. The molecule has 0 radical (unpaired) electrons. The zero-order valence-electron chi connectivity index (χ0n) is 12.7. The molecule has 23 heavy (non-hydrogen) atoms. The van der Waals surface area contributed by atoms with E-state index in [9.17, 15) is 22.6 Å². The summed E-state index contributed by atoms with van der Waals surface area (Å²) in [5.74, 6) is -1.67. The molecule has 9 heteroatoms. The first kappa shape index (κ1) is 22.1. The van der Waals surface area contributed by atoms with Gasteiger partial charge in [0.05, 0.1) is 23.3 Å². The second kappa shape index (κ2) is 8.79. The molecule has 1 aromatic carbocycles. The van der Waals surface area contributed by atoms with Gasteiger partial charge < -0.3 is 9.47 Å². The SMILES string of the molecule is CC(C)OC(=O)c1ccc(C(=O)OC(C)C)c(S(=O)(=O)O)c1.[NaH]. The Kier molecular flexibility index (Phi) is 8.44. The Hall–Kier alpha value is -0.930. The molecular formula is C14H19NaO7S. The molecule has 0 heterocycles. The van der Waals surface area contributed by atoms with Gasteiger partial charge in [-0.15, -0.1) is 0 Å². The Morgan fingerprint density at radius 2 is 1.48 bits per heavy atom. The summed E-state index contributed by atoms with van der Waals surface area (Å²) in [6.07, 6.45) is -0.861. The van der Waals surface area contributed by atoms with E-state index in [0.29, 0.717) is 0 Å². The molecule has 7 nitrogen and oxygen atoms in total. The maximum atomic E-state index is 11.9. The number of rotatable bonds is 5. The Bertz CT molecular complexity index is 680. The fourth-order valence-corrected chi connectivity index (χ4v) is 2.30. The summed E-state index contributed by atoms with van der Waals surface area (Å²) in [6.45, 7) is 6.46. The van der Waals surface area contributed by atoms with Crippen LogP contribution in [0.3, 0.4) is 0 Å². The van der Waals surface area contributed by atoms with Crippen LogP contribution in [0.5, 0.6) is 0 Å². The molecule has 0 spiro atoms. The number of ether oxygens (including phenoxy) is 2. The van der Waals surface area contributed by atoms with Gasteiger partial charge in [0, 0.05) is 0 Å². The van der Waals surface area contributed by atoms with Crippen molar-refractivity contribution in [3.05, 3.63) is 29.3 Å². The molecule has 1 rings (SSSR count). The average molecular weight is 354 g/mol. The molecule has 1 N–H and O–H groups in total. The van der Waals surface area contributed by atoms with Gasteiger partial charge in [0.25, 0.3) is 10.1 Å². The van der Waals surface area contributed by atoms with Gasteiger partial charge in [-0.3, -0.25) is 4.55 Å².